The van der Waals surface area contributed by atoms with Crippen LogP contribution in [-0.4, -0.2) is 52.6 Å². The van der Waals surface area contributed by atoms with Crippen LogP contribution < -0.4 is 20.3 Å². The maximum absolute atomic E-state index is 13.2. The first-order chi connectivity index (χ1) is 16.8. The van der Waals surface area contributed by atoms with Crippen molar-refractivity contribution in [2.45, 2.75) is 33.7 Å². The van der Waals surface area contributed by atoms with Gasteiger partial charge in [-0.15, -0.1) is 11.3 Å². The van der Waals surface area contributed by atoms with Crippen LogP contribution in [0.15, 0.2) is 29.3 Å². The van der Waals surface area contributed by atoms with Gasteiger partial charge in [0.25, 0.3) is 11.5 Å². The highest BCUT2D eigenvalue weighted by Crippen LogP contribution is 2.33. The number of amides is 2. The number of benzene rings is 1. The molecule has 0 unspecified atom stereocenters. The van der Waals surface area contributed by atoms with Crippen LogP contribution in [-0.2, 0) is 11.3 Å². The van der Waals surface area contributed by atoms with E-state index >= 15 is 0 Å². The highest BCUT2D eigenvalue weighted by atomic mass is 32.1. The van der Waals surface area contributed by atoms with Crippen molar-refractivity contribution in [3.05, 3.63) is 45.3 Å². The summed E-state index contributed by atoms with van der Waals surface area (Å²) in [5.41, 5.74) is 0.810. The van der Waals surface area contributed by atoms with E-state index in [0.29, 0.717) is 76.0 Å². The van der Waals surface area contributed by atoms with E-state index in [1.54, 1.807) is 25.1 Å². The lowest BCUT2D eigenvalue weighted by molar-refractivity contribution is -0.134. The lowest BCUT2D eigenvalue weighted by Gasteiger charge is -2.35. The second-order valence-electron chi connectivity index (χ2n) is 9.47. The van der Waals surface area contributed by atoms with Crippen LogP contribution in [0.2, 0.25) is 0 Å². The molecule has 1 saturated heterocycles. The average Bonchev–Trinajstić information content (AvgIpc) is 3.17. The van der Waals surface area contributed by atoms with Crippen molar-refractivity contribution in [1.82, 2.24) is 14.5 Å². The molecule has 0 aliphatic carbocycles. The number of hydrogen-bond donors (Lipinski definition) is 1. The zero-order valence-electron chi connectivity index (χ0n) is 20.0. The monoisotopic (exact) mass is 496 g/mol. The van der Waals surface area contributed by atoms with Crippen LogP contribution in [0.3, 0.4) is 0 Å². The molecule has 2 amide bonds. The number of rotatable bonds is 4. The third-order valence-electron chi connectivity index (χ3n) is 6.45. The molecule has 2 aliphatic heterocycles. The molecule has 35 heavy (non-hydrogen) atoms. The maximum Gasteiger partial charge on any atom is 0.266 e. The van der Waals surface area contributed by atoms with Crippen molar-refractivity contribution < 1.29 is 19.1 Å². The number of carbonyl (C=O) groups excluding carboxylic acids is 2. The first kappa shape index (κ1) is 23.3. The van der Waals surface area contributed by atoms with Crippen LogP contribution in [0.5, 0.6) is 11.5 Å². The molecule has 184 valence electrons. The van der Waals surface area contributed by atoms with Crippen LogP contribution >= 0.6 is 11.3 Å². The van der Waals surface area contributed by atoms with Gasteiger partial charge < -0.3 is 19.7 Å². The molecule has 2 aromatic heterocycles. The summed E-state index contributed by atoms with van der Waals surface area (Å²) in [7, 11) is 0. The van der Waals surface area contributed by atoms with Gasteiger partial charge in [-0.05, 0) is 42.9 Å². The summed E-state index contributed by atoms with van der Waals surface area (Å²) in [5, 5.41) is 3.24. The lowest BCUT2D eigenvalue weighted by Crippen LogP contribution is -2.44. The Balaban J connectivity index is 1.37. The molecule has 0 saturated carbocycles. The Morgan fingerprint density at radius 1 is 1.14 bits per heavy atom. The topological polar surface area (TPSA) is 103 Å². The number of aryl methyl sites for hydroxylation is 1. The van der Waals surface area contributed by atoms with Gasteiger partial charge in [-0.1, -0.05) is 13.8 Å². The quantitative estimate of drug-likeness (QED) is 0.595. The number of ether oxygens (including phenoxy) is 2. The van der Waals surface area contributed by atoms with Crippen LogP contribution in [0, 0.1) is 18.8 Å². The minimum atomic E-state index is -0.333. The van der Waals surface area contributed by atoms with Gasteiger partial charge in [-0.3, -0.25) is 19.0 Å². The normalized spacial score (nSPS) is 19.6. The van der Waals surface area contributed by atoms with Gasteiger partial charge in [-0.2, -0.15) is 0 Å². The van der Waals surface area contributed by atoms with E-state index in [4.69, 9.17) is 9.47 Å². The highest BCUT2D eigenvalue weighted by Gasteiger charge is 2.26. The van der Waals surface area contributed by atoms with Crippen LogP contribution in [0.1, 0.15) is 35.5 Å². The summed E-state index contributed by atoms with van der Waals surface area (Å²) in [6.07, 6.45) is 2.50. The third-order valence-corrected chi connectivity index (χ3v) is 7.65. The second-order valence-corrected chi connectivity index (χ2v) is 10.5. The first-order valence-electron chi connectivity index (χ1n) is 11.8. The number of hydrogen-bond acceptors (Lipinski definition) is 7. The second kappa shape index (κ2) is 9.33. The van der Waals surface area contributed by atoms with E-state index in [2.05, 4.69) is 24.1 Å². The number of piperidine rings is 1. The van der Waals surface area contributed by atoms with Crippen LogP contribution in [0.4, 0.5) is 5.69 Å². The molecule has 0 spiro atoms. The Kier molecular flexibility index (Phi) is 6.22. The van der Waals surface area contributed by atoms with Crippen molar-refractivity contribution in [1.29, 1.82) is 0 Å². The third kappa shape index (κ3) is 4.62. The average molecular weight is 497 g/mol. The summed E-state index contributed by atoms with van der Waals surface area (Å²) < 4.78 is 12.4. The Morgan fingerprint density at radius 2 is 1.86 bits per heavy atom. The zero-order chi connectivity index (χ0) is 24.7. The van der Waals surface area contributed by atoms with Gasteiger partial charge in [-0.25, -0.2) is 4.98 Å². The zero-order valence-corrected chi connectivity index (χ0v) is 20.8. The standard InChI is InChI=1S/C25H28N4O5S/c1-14-8-15(2)11-28(10-14)20(30)12-29-13-26-24-21(25(29)32)16(3)22(35-24)23(31)27-17-4-5-18-19(9-17)34-7-6-33-18/h4-5,9,13-15H,6-8,10-12H2,1-3H3,(H,27,31)/t14-,15-/m0/s1. The highest BCUT2D eigenvalue weighted by molar-refractivity contribution is 7.20. The van der Waals surface area contributed by atoms with E-state index in [1.165, 1.54) is 10.9 Å². The number of thiophene rings is 1. The summed E-state index contributed by atoms with van der Waals surface area (Å²) in [6, 6.07) is 5.21. The van der Waals surface area contributed by atoms with Gasteiger partial charge in [0.15, 0.2) is 11.5 Å². The smallest absolute Gasteiger partial charge is 0.266 e. The maximum atomic E-state index is 13.2. The largest absolute Gasteiger partial charge is 0.486 e. The SMILES string of the molecule is Cc1c(C(=O)Nc2ccc3c(c2)OCCO3)sc2ncn(CC(=O)N3C[C@@H](C)C[C@H](C)C3)c(=O)c12. The van der Waals surface area contributed by atoms with Crippen molar-refractivity contribution in [3.63, 3.8) is 0 Å². The molecule has 10 heteroatoms. The molecule has 2 atom stereocenters. The molecule has 1 aromatic carbocycles. The minimum Gasteiger partial charge on any atom is -0.486 e. The van der Waals surface area contributed by atoms with Crippen LogP contribution in [0.25, 0.3) is 10.2 Å². The van der Waals surface area contributed by atoms with E-state index in [0.717, 1.165) is 17.8 Å². The molecule has 1 fully saturated rings. The molecule has 9 nitrogen and oxygen atoms in total. The van der Waals surface area contributed by atoms with E-state index in [1.807, 2.05) is 4.90 Å². The van der Waals surface area contributed by atoms with E-state index < -0.39 is 0 Å². The summed E-state index contributed by atoms with van der Waals surface area (Å²) >= 11 is 1.16. The summed E-state index contributed by atoms with van der Waals surface area (Å²) in [6.45, 7) is 8.31. The number of nitrogens with zero attached hydrogens (tertiary/aromatic N) is 3. The molecule has 1 N–H and O–H groups in total. The molecule has 0 radical (unpaired) electrons. The molecule has 0 bridgehead atoms. The fourth-order valence-electron chi connectivity index (χ4n) is 4.91. The number of anilines is 1. The molecule has 2 aliphatic rings. The van der Waals surface area contributed by atoms with Gasteiger partial charge in [0.05, 0.1) is 16.6 Å². The van der Waals surface area contributed by atoms with Gasteiger partial charge in [0, 0.05) is 24.8 Å². The van der Waals surface area contributed by atoms with E-state index in [9.17, 15) is 14.4 Å². The summed E-state index contributed by atoms with van der Waals surface area (Å²) in [4.78, 5) is 46.3. The fourth-order valence-corrected chi connectivity index (χ4v) is 5.94. The van der Waals surface area contributed by atoms with Gasteiger partial charge >= 0.3 is 0 Å². The van der Waals surface area contributed by atoms with E-state index in [-0.39, 0.29) is 23.9 Å². The first-order valence-corrected chi connectivity index (χ1v) is 12.6. The Morgan fingerprint density at radius 3 is 2.60 bits per heavy atom. The molecular weight excluding hydrogens is 468 g/mol. The van der Waals surface area contributed by atoms with Gasteiger partial charge in [0.1, 0.15) is 24.6 Å². The predicted octanol–water partition coefficient (Wildman–Crippen LogP) is 3.29. The van der Waals surface area contributed by atoms with Gasteiger partial charge in [0.2, 0.25) is 5.91 Å². The fraction of sp³-hybridized carbons (Fsp3) is 0.440. The molecule has 4 heterocycles. The number of aromatic nitrogens is 2. The van der Waals surface area contributed by atoms with Crippen molar-refractivity contribution >= 4 is 39.1 Å². The Labute approximate surface area is 206 Å². The number of carbonyl (C=O) groups is 2. The molecule has 5 rings (SSSR count). The number of nitrogens with one attached hydrogen (secondary N) is 1. The Bertz CT molecular complexity index is 1350. The van der Waals surface area contributed by atoms with Crippen molar-refractivity contribution in [2.75, 3.05) is 31.6 Å². The summed E-state index contributed by atoms with van der Waals surface area (Å²) in [5.74, 6) is 1.68. The predicted molar refractivity (Wildman–Crippen MR) is 134 cm³/mol. The number of fused-ring (bicyclic) bond motifs is 2. The van der Waals surface area contributed by atoms with Crippen molar-refractivity contribution in [3.8, 4) is 11.5 Å². The molecule has 3 aromatic rings. The van der Waals surface area contributed by atoms with Crippen molar-refractivity contribution in [2.24, 2.45) is 11.8 Å². The number of likely N-dealkylation sites (tertiary alicyclic amines) is 1. The minimum absolute atomic E-state index is 0.0603. The molecular formula is C25H28N4O5S. The lowest BCUT2D eigenvalue weighted by atomic mass is 9.92. The Hall–Kier alpha value is -3.40.